The summed E-state index contributed by atoms with van der Waals surface area (Å²) >= 11 is 5.96. The van der Waals surface area contributed by atoms with Gasteiger partial charge in [0, 0.05) is 13.1 Å². The number of nitrogens with one attached hydrogen (secondary N) is 1. The molecule has 0 radical (unpaired) electrons. The predicted molar refractivity (Wildman–Crippen MR) is 71.4 cm³/mol. The SMILES string of the molecule is CC(Oc1ccc(C#N)cc1Cl)C(=O)N1CCNC1=O. The Hall–Kier alpha value is -2.26. The number of carbonyl (C=O) groups is 2. The van der Waals surface area contributed by atoms with Crippen molar-refractivity contribution in [3.8, 4) is 11.8 Å². The lowest BCUT2D eigenvalue weighted by Crippen LogP contribution is -2.42. The van der Waals surface area contributed by atoms with E-state index in [9.17, 15) is 9.59 Å². The van der Waals surface area contributed by atoms with Gasteiger partial charge in [0.25, 0.3) is 5.91 Å². The zero-order chi connectivity index (χ0) is 14.7. The van der Waals surface area contributed by atoms with Crippen LogP contribution in [0.25, 0.3) is 0 Å². The molecule has 104 valence electrons. The molecule has 0 saturated carbocycles. The first-order valence-electron chi connectivity index (χ1n) is 5.98. The summed E-state index contributed by atoms with van der Waals surface area (Å²) in [4.78, 5) is 24.5. The summed E-state index contributed by atoms with van der Waals surface area (Å²) in [7, 11) is 0. The van der Waals surface area contributed by atoms with Gasteiger partial charge in [0.05, 0.1) is 16.7 Å². The standard InChI is InChI=1S/C13H12ClN3O3/c1-8(12(18)17-5-4-16-13(17)19)20-11-3-2-9(7-15)6-10(11)14/h2-3,6,8H,4-5H2,1H3,(H,16,19). The van der Waals surface area contributed by atoms with Gasteiger partial charge < -0.3 is 10.1 Å². The Morgan fingerprint density at radius 2 is 2.35 bits per heavy atom. The molecular formula is C13H12ClN3O3. The van der Waals surface area contributed by atoms with E-state index in [-0.39, 0.29) is 5.02 Å². The van der Waals surface area contributed by atoms with Gasteiger partial charge in [-0.25, -0.2) is 4.79 Å². The molecule has 1 N–H and O–H groups in total. The van der Waals surface area contributed by atoms with Gasteiger partial charge in [0.15, 0.2) is 6.10 Å². The first-order chi connectivity index (χ1) is 9.52. The average molecular weight is 294 g/mol. The lowest BCUT2D eigenvalue weighted by molar-refractivity contribution is -0.134. The molecule has 0 aliphatic carbocycles. The number of imide groups is 1. The summed E-state index contributed by atoms with van der Waals surface area (Å²) in [6, 6.07) is 6.05. The summed E-state index contributed by atoms with van der Waals surface area (Å²) < 4.78 is 5.45. The normalized spacial score (nSPS) is 15.4. The van der Waals surface area contributed by atoms with Gasteiger partial charge in [-0.3, -0.25) is 9.69 Å². The number of benzene rings is 1. The third-order valence-electron chi connectivity index (χ3n) is 2.84. The van der Waals surface area contributed by atoms with Crippen molar-refractivity contribution >= 4 is 23.5 Å². The van der Waals surface area contributed by atoms with E-state index in [4.69, 9.17) is 21.6 Å². The molecule has 0 bridgehead atoms. The number of urea groups is 1. The highest BCUT2D eigenvalue weighted by Crippen LogP contribution is 2.26. The predicted octanol–water partition coefficient (Wildman–Crippen LogP) is 1.53. The highest BCUT2D eigenvalue weighted by molar-refractivity contribution is 6.32. The van der Waals surface area contributed by atoms with Crippen LogP contribution in [0.1, 0.15) is 12.5 Å². The number of hydrogen-bond donors (Lipinski definition) is 1. The maximum Gasteiger partial charge on any atom is 0.324 e. The number of halogens is 1. The van der Waals surface area contributed by atoms with Crippen LogP contribution in [-0.4, -0.2) is 36.0 Å². The molecular weight excluding hydrogens is 282 g/mol. The summed E-state index contributed by atoms with van der Waals surface area (Å²) in [5, 5.41) is 11.5. The minimum absolute atomic E-state index is 0.245. The second-order valence-electron chi connectivity index (χ2n) is 4.24. The third-order valence-corrected chi connectivity index (χ3v) is 3.13. The Bertz CT molecular complexity index is 597. The van der Waals surface area contributed by atoms with Gasteiger partial charge in [0.2, 0.25) is 0 Å². The molecule has 20 heavy (non-hydrogen) atoms. The van der Waals surface area contributed by atoms with E-state index in [1.165, 1.54) is 12.1 Å². The van der Waals surface area contributed by atoms with Crippen LogP contribution in [0.15, 0.2) is 18.2 Å². The van der Waals surface area contributed by atoms with Gasteiger partial charge >= 0.3 is 6.03 Å². The minimum atomic E-state index is -0.843. The second-order valence-corrected chi connectivity index (χ2v) is 4.65. The summed E-state index contributed by atoms with van der Waals surface area (Å²) in [5.74, 6) is -0.133. The number of nitrogens with zero attached hydrogens (tertiary/aromatic N) is 2. The summed E-state index contributed by atoms with van der Waals surface area (Å²) in [6.07, 6.45) is -0.843. The van der Waals surface area contributed by atoms with Crippen molar-refractivity contribution in [1.82, 2.24) is 10.2 Å². The molecule has 1 fully saturated rings. The number of carbonyl (C=O) groups excluding carboxylic acids is 2. The van der Waals surface area contributed by atoms with Crippen LogP contribution in [0.3, 0.4) is 0 Å². The molecule has 1 aromatic rings. The van der Waals surface area contributed by atoms with Crippen LogP contribution in [0.4, 0.5) is 4.79 Å². The maximum atomic E-state index is 12.0. The molecule has 1 atom stereocenters. The van der Waals surface area contributed by atoms with E-state index in [0.29, 0.717) is 24.4 Å². The first kappa shape index (κ1) is 14.2. The van der Waals surface area contributed by atoms with E-state index in [1.807, 2.05) is 6.07 Å². The molecule has 1 saturated heterocycles. The molecule has 6 nitrogen and oxygen atoms in total. The molecule has 1 aromatic carbocycles. The molecule has 1 aliphatic heterocycles. The zero-order valence-electron chi connectivity index (χ0n) is 10.7. The molecule has 7 heteroatoms. The second kappa shape index (κ2) is 5.80. The number of amides is 3. The van der Waals surface area contributed by atoms with Crippen LogP contribution < -0.4 is 10.1 Å². The van der Waals surface area contributed by atoms with Crippen molar-refractivity contribution in [3.63, 3.8) is 0 Å². The molecule has 1 heterocycles. The fraction of sp³-hybridized carbons (Fsp3) is 0.308. The molecule has 1 aliphatic rings. The topological polar surface area (TPSA) is 82.4 Å². The van der Waals surface area contributed by atoms with Gasteiger partial charge in [0.1, 0.15) is 5.75 Å². The quantitative estimate of drug-likeness (QED) is 0.916. The largest absolute Gasteiger partial charge is 0.479 e. The molecule has 2 rings (SSSR count). The number of rotatable bonds is 3. The molecule has 0 spiro atoms. The number of hydrogen-bond acceptors (Lipinski definition) is 4. The van der Waals surface area contributed by atoms with Crippen LogP contribution in [-0.2, 0) is 4.79 Å². The maximum absolute atomic E-state index is 12.0. The van der Waals surface area contributed by atoms with Crippen LogP contribution in [0.2, 0.25) is 5.02 Å². The lowest BCUT2D eigenvalue weighted by atomic mass is 10.2. The van der Waals surface area contributed by atoms with Crippen LogP contribution in [0.5, 0.6) is 5.75 Å². The van der Waals surface area contributed by atoms with Crippen LogP contribution in [0, 0.1) is 11.3 Å². The monoisotopic (exact) mass is 293 g/mol. The van der Waals surface area contributed by atoms with Gasteiger partial charge in [-0.1, -0.05) is 11.6 Å². The van der Waals surface area contributed by atoms with E-state index in [0.717, 1.165) is 4.90 Å². The van der Waals surface area contributed by atoms with Crippen molar-refractivity contribution in [2.45, 2.75) is 13.0 Å². The third kappa shape index (κ3) is 2.83. The summed E-state index contributed by atoms with van der Waals surface area (Å²) in [6.45, 7) is 2.31. The van der Waals surface area contributed by atoms with E-state index in [2.05, 4.69) is 5.32 Å². The number of nitriles is 1. The lowest BCUT2D eigenvalue weighted by Gasteiger charge is -2.19. The van der Waals surface area contributed by atoms with Gasteiger partial charge in [-0.15, -0.1) is 0 Å². The first-order valence-corrected chi connectivity index (χ1v) is 6.36. The van der Waals surface area contributed by atoms with Crippen molar-refractivity contribution in [1.29, 1.82) is 5.26 Å². The van der Waals surface area contributed by atoms with Crippen molar-refractivity contribution in [2.24, 2.45) is 0 Å². The highest BCUT2D eigenvalue weighted by Gasteiger charge is 2.30. The summed E-state index contributed by atoms with van der Waals surface area (Å²) in [5.41, 5.74) is 0.403. The van der Waals surface area contributed by atoms with Crippen molar-refractivity contribution in [2.75, 3.05) is 13.1 Å². The van der Waals surface area contributed by atoms with E-state index < -0.39 is 18.0 Å². The Kier molecular flexibility index (Phi) is 4.11. The Balaban J connectivity index is 2.08. The Labute approximate surface area is 120 Å². The van der Waals surface area contributed by atoms with Gasteiger partial charge in [-0.2, -0.15) is 5.26 Å². The Morgan fingerprint density at radius 1 is 1.60 bits per heavy atom. The van der Waals surface area contributed by atoms with Crippen molar-refractivity contribution < 1.29 is 14.3 Å². The average Bonchev–Trinajstić information content (AvgIpc) is 2.86. The minimum Gasteiger partial charge on any atom is -0.479 e. The fourth-order valence-corrected chi connectivity index (χ4v) is 2.03. The van der Waals surface area contributed by atoms with Crippen LogP contribution >= 0.6 is 11.6 Å². The molecule has 1 unspecified atom stereocenters. The Morgan fingerprint density at radius 3 is 2.90 bits per heavy atom. The van der Waals surface area contributed by atoms with E-state index in [1.54, 1.807) is 13.0 Å². The highest BCUT2D eigenvalue weighted by atomic mass is 35.5. The van der Waals surface area contributed by atoms with E-state index >= 15 is 0 Å². The number of ether oxygens (including phenoxy) is 1. The molecule has 3 amide bonds. The van der Waals surface area contributed by atoms with Gasteiger partial charge in [-0.05, 0) is 25.1 Å². The smallest absolute Gasteiger partial charge is 0.324 e. The zero-order valence-corrected chi connectivity index (χ0v) is 11.5. The van der Waals surface area contributed by atoms with Crippen molar-refractivity contribution in [3.05, 3.63) is 28.8 Å². The fourth-order valence-electron chi connectivity index (χ4n) is 1.81. The molecule has 0 aromatic heterocycles.